The summed E-state index contributed by atoms with van der Waals surface area (Å²) in [5.74, 6) is 0. The lowest BCUT2D eigenvalue weighted by atomic mass is 9.71. The highest BCUT2D eigenvalue weighted by molar-refractivity contribution is 6.83. The molecule has 2 aliphatic rings. The smallest absolute Gasteiger partial charge is 0.0728 e. The summed E-state index contributed by atoms with van der Waals surface area (Å²) in [6, 6.07) is 19.9. The van der Waals surface area contributed by atoms with Crippen molar-refractivity contribution in [3.63, 3.8) is 0 Å². The first kappa shape index (κ1) is 22.3. The Balaban J connectivity index is 1.79. The molecule has 2 aromatic carbocycles. The summed E-state index contributed by atoms with van der Waals surface area (Å²) in [7, 11) is -1.50. The van der Waals surface area contributed by atoms with E-state index in [0.29, 0.717) is 0 Å². The van der Waals surface area contributed by atoms with Crippen LogP contribution in [0.2, 0.25) is 19.6 Å². The molecule has 2 atom stereocenters. The minimum absolute atomic E-state index is 0.136. The number of hydrogen-bond donors (Lipinski definition) is 1. The molecule has 2 aliphatic carbocycles. The van der Waals surface area contributed by atoms with Crippen LogP contribution in [0, 0.1) is 12.3 Å². The third kappa shape index (κ3) is 4.81. The summed E-state index contributed by atoms with van der Waals surface area (Å²) in [6.45, 7) is 12.1. The van der Waals surface area contributed by atoms with Gasteiger partial charge >= 0.3 is 0 Å². The predicted molar refractivity (Wildman–Crippen MR) is 135 cm³/mol. The molecule has 2 heteroatoms. The number of fused-ring (bicyclic) bond motifs is 1. The first-order valence-electron chi connectivity index (χ1n) is 11.9. The SMILES string of the molecule is Cc1cccc(CCC2=C3C[C@H](O)C[C@]3(C)CC([Si](C)(C)C)=C2Cc2ccccc2)c1. The Bertz CT molecular complexity index is 1010. The van der Waals surface area contributed by atoms with E-state index in [2.05, 4.69) is 88.1 Å². The van der Waals surface area contributed by atoms with Crippen molar-refractivity contribution < 1.29 is 5.11 Å². The lowest BCUT2D eigenvalue weighted by Crippen LogP contribution is -2.34. The Hall–Kier alpha value is -1.90. The molecule has 0 radical (unpaired) electrons. The van der Waals surface area contributed by atoms with Crippen LogP contribution in [-0.4, -0.2) is 19.3 Å². The molecule has 1 saturated carbocycles. The molecule has 1 fully saturated rings. The Morgan fingerprint density at radius 3 is 2.32 bits per heavy atom. The molecular formula is C29H38OSi. The number of aliphatic hydroxyl groups excluding tert-OH is 1. The van der Waals surface area contributed by atoms with E-state index in [9.17, 15) is 5.11 Å². The average Bonchev–Trinajstić information content (AvgIpc) is 3.01. The van der Waals surface area contributed by atoms with Crippen molar-refractivity contribution in [1.29, 1.82) is 0 Å². The fraction of sp³-hybridized carbons (Fsp3) is 0.448. The molecule has 4 rings (SSSR count). The van der Waals surface area contributed by atoms with E-state index >= 15 is 0 Å². The topological polar surface area (TPSA) is 20.2 Å². The van der Waals surface area contributed by atoms with Gasteiger partial charge in [0, 0.05) is 0 Å². The van der Waals surface area contributed by atoms with Gasteiger partial charge in [0.25, 0.3) is 0 Å². The van der Waals surface area contributed by atoms with Crippen molar-refractivity contribution in [2.24, 2.45) is 5.41 Å². The van der Waals surface area contributed by atoms with Gasteiger partial charge in [0.1, 0.15) is 0 Å². The molecule has 0 heterocycles. The zero-order valence-corrected chi connectivity index (χ0v) is 21.0. The molecule has 0 saturated heterocycles. The van der Waals surface area contributed by atoms with Crippen LogP contribution in [0.25, 0.3) is 0 Å². The second-order valence-corrected chi connectivity index (χ2v) is 16.2. The van der Waals surface area contributed by atoms with Gasteiger partial charge in [-0.15, -0.1) is 0 Å². The van der Waals surface area contributed by atoms with Crippen LogP contribution in [0.15, 0.2) is 76.5 Å². The van der Waals surface area contributed by atoms with Crippen molar-refractivity contribution in [2.75, 3.05) is 0 Å². The van der Waals surface area contributed by atoms with Crippen LogP contribution < -0.4 is 0 Å². The lowest BCUT2D eigenvalue weighted by Gasteiger charge is -2.41. The van der Waals surface area contributed by atoms with E-state index in [4.69, 9.17) is 0 Å². The van der Waals surface area contributed by atoms with Gasteiger partial charge in [-0.25, -0.2) is 0 Å². The highest BCUT2D eigenvalue weighted by atomic mass is 28.3. The Morgan fingerprint density at radius 1 is 0.935 bits per heavy atom. The maximum absolute atomic E-state index is 10.7. The average molecular weight is 431 g/mol. The van der Waals surface area contributed by atoms with Gasteiger partial charge in [0.05, 0.1) is 14.2 Å². The van der Waals surface area contributed by atoms with Crippen LogP contribution in [0.1, 0.15) is 49.3 Å². The number of benzene rings is 2. The lowest BCUT2D eigenvalue weighted by molar-refractivity contribution is 0.164. The zero-order chi connectivity index (χ0) is 22.2. The summed E-state index contributed by atoms with van der Waals surface area (Å²) in [6.07, 6.45) is 5.92. The largest absolute Gasteiger partial charge is 0.393 e. The highest BCUT2D eigenvalue weighted by Gasteiger charge is 2.46. The number of allylic oxidation sites excluding steroid dienone is 3. The molecule has 1 nitrogen and oxygen atoms in total. The van der Waals surface area contributed by atoms with E-state index in [1.54, 1.807) is 21.9 Å². The molecule has 0 bridgehead atoms. The van der Waals surface area contributed by atoms with Crippen LogP contribution in [0.3, 0.4) is 0 Å². The first-order chi connectivity index (χ1) is 14.7. The van der Waals surface area contributed by atoms with Gasteiger partial charge in [0.15, 0.2) is 0 Å². The molecule has 0 aliphatic heterocycles. The van der Waals surface area contributed by atoms with E-state index in [1.165, 1.54) is 16.7 Å². The number of rotatable bonds is 6. The van der Waals surface area contributed by atoms with Crippen molar-refractivity contribution in [3.8, 4) is 0 Å². The standard InChI is InChI=1S/C29H38OSi/c1-21-10-9-13-23(16-21)14-15-25-26(17-22-11-7-6-8-12-22)28(31(3,4)5)20-29(2)19-24(30)18-27(25)29/h6-13,16,24,30H,14-15,17-20H2,1-5H3/t24-,29+/m0/s1. The normalized spacial score (nSPS) is 24.0. The summed E-state index contributed by atoms with van der Waals surface area (Å²) in [5, 5.41) is 12.4. The van der Waals surface area contributed by atoms with Crippen LogP contribution in [-0.2, 0) is 12.8 Å². The van der Waals surface area contributed by atoms with Crippen LogP contribution in [0.5, 0.6) is 0 Å². The fourth-order valence-corrected chi connectivity index (χ4v) is 7.96. The van der Waals surface area contributed by atoms with Gasteiger partial charge in [-0.2, -0.15) is 0 Å². The maximum Gasteiger partial charge on any atom is 0.0728 e. The molecule has 0 aromatic heterocycles. The van der Waals surface area contributed by atoms with Crippen molar-refractivity contribution >= 4 is 8.07 Å². The quantitative estimate of drug-likeness (QED) is 0.480. The van der Waals surface area contributed by atoms with Crippen molar-refractivity contribution in [1.82, 2.24) is 0 Å². The maximum atomic E-state index is 10.7. The Kier molecular flexibility index (Phi) is 6.16. The van der Waals surface area contributed by atoms with Gasteiger partial charge in [0.2, 0.25) is 0 Å². The first-order valence-corrected chi connectivity index (χ1v) is 15.4. The minimum atomic E-state index is -1.50. The Labute approximate surface area is 189 Å². The molecular weight excluding hydrogens is 392 g/mol. The Morgan fingerprint density at radius 2 is 1.65 bits per heavy atom. The van der Waals surface area contributed by atoms with E-state index in [-0.39, 0.29) is 11.5 Å². The molecule has 0 amide bonds. The van der Waals surface area contributed by atoms with Gasteiger partial charge in [-0.1, -0.05) is 97.5 Å². The molecule has 1 N–H and O–H groups in total. The molecule has 0 spiro atoms. The van der Waals surface area contributed by atoms with Gasteiger partial charge in [-0.05, 0) is 73.1 Å². The van der Waals surface area contributed by atoms with Crippen molar-refractivity contribution in [3.05, 3.63) is 93.2 Å². The second kappa shape index (κ2) is 8.56. The third-order valence-electron chi connectivity index (χ3n) is 7.39. The molecule has 2 aromatic rings. The minimum Gasteiger partial charge on any atom is -0.393 e. The van der Waals surface area contributed by atoms with Gasteiger partial charge in [-0.3, -0.25) is 0 Å². The second-order valence-electron chi connectivity index (χ2n) is 11.1. The highest BCUT2D eigenvalue weighted by Crippen LogP contribution is 2.55. The monoisotopic (exact) mass is 430 g/mol. The van der Waals surface area contributed by atoms with Gasteiger partial charge < -0.3 is 5.11 Å². The summed E-state index contributed by atoms with van der Waals surface area (Å²) in [4.78, 5) is 0. The molecule has 31 heavy (non-hydrogen) atoms. The van der Waals surface area contributed by atoms with E-state index < -0.39 is 8.07 Å². The summed E-state index contributed by atoms with van der Waals surface area (Å²) in [5.41, 5.74) is 9.05. The van der Waals surface area contributed by atoms with E-state index in [0.717, 1.165) is 38.5 Å². The van der Waals surface area contributed by atoms with Crippen LogP contribution >= 0.6 is 0 Å². The van der Waals surface area contributed by atoms with Crippen molar-refractivity contribution in [2.45, 2.75) is 78.1 Å². The van der Waals surface area contributed by atoms with E-state index in [1.807, 2.05) is 0 Å². The number of hydrogen-bond acceptors (Lipinski definition) is 1. The number of aliphatic hydroxyl groups is 1. The third-order valence-corrected chi connectivity index (χ3v) is 9.68. The fourth-order valence-electron chi connectivity index (χ4n) is 5.89. The zero-order valence-electron chi connectivity index (χ0n) is 20.0. The summed E-state index contributed by atoms with van der Waals surface area (Å²) >= 11 is 0. The van der Waals surface area contributed by atoms with Crippen LogP contribution in [0.4, 0.5) is 0 Å². The summed E-state index contributed by atoms with van der Waals surface area (Å²) < 4.78 is 0. The predicted octanol–water partition coefficient (Wildman–Crippen LogP) is 7.21. The molecule has 164 valence electrons. The number of aryl methyl sites for hydroxylation is 2. The molecule has 0 unspecified atom stereocenters.